The van der Waals surface area contributed by atoms with Crippen molar-refractivity contribution in [3.05, 3.63) is 10.6 Å². The fourth-order valence-corrected chi connectivity index (χ4v) is 4.09. The number of likely N-dealkylation sites (N-methyl/N-ethyl adjacent to an activating group) is 1. The third-order valence-corrected chi connectivity index (χ3v) is 5.68. The van der Waals surface area contributed by atoms with Gasteiger partial charge in [-0.05, 0) is 31.8 Å². The predicted molar refractivity (Wildman–Crippen MR) is 89.7 cm³/mol. The second kappa shape index (κ2) is 7.36. The van der Waals surface area contributed by atoms with Gasteiger partial charge in [0.05, 0.1) is 10.6 Å². The van der Waals surface area contributed by atoms with Crippen molar-refractivity contribution in [3.63, 3.8) is 0 Å². The van der Waals surface area contributed by atoms with Crippen LogP contribution < -0.4 is 4.90 Å². The molecule has 0 saturated carbocycles. The van der Waals surface area contributed by atoms with E-state index in [1.54, 1.807) is 11.3 Å². The monoisotopic (exact) mass is 309 g/mol. The summed E-state index contributed by atoms with van der Waals surface area (Å²) in [6.07, 6.45) is 3.18. The summed E-state index contributed by atoms with van der Waals surface area (Å²) >= 11 is 1.56. The standard InChI is InChI=1S/C16H27N3OS/c1-5-12(4)15-14(11-20)21-16(17-15)19-9-8-13(10-19)18(6-2)7-3/h11-13H,5-10H2,1-4H3. The van der Waals surface area contributed by atoms with Crippen molar-refractivity contribution in [2.45, 2.75) is 52.5 Å². The molecule has 1 saturated heterocycles. The Morgan fingerprint density at radius 2 is 2.14 bits per heavy atom. The minimum Gasteiger partial charge on any atom is -0.346 e. The van der Waals surface area contributed by atoms with Crippen LogP contribution in [0.3, 0.4) is 0 Å². The number of hydrogen-bond acceptors (Lipinski definition) is 5. The third kappa shape index (κ3) is 3.46. The van der Waals surface area contributed by atoms with Crippen LogP contribution in [-0.4, -0.2) is 48.4 Å². The lowest BCUT2D eigenvalue weighted by Gasteiger charge is -2.25. The summed E-state index contributed by atoms with van der Waals surface area (Å²) in [5, 5.41) is 1.03. The number of anilines is 1. The van der Waals surface area contributed by atoms with Gasteiger partial charge in [0.2, 0.25) is 0 Å². The van der Waals surface area contributed by atoms with Crippen molar-refractivity contribution in [2.75, 3.05) is 31.1 Å². The molecule has 2 rings (SSSR count). The van der Waals surface area contributed by atoms with Gasteiger partial charge < -0.3 is 4.90 Å². The molecule has 1 aromatic heterocycles. The van der Waals surface area contributed by atoms with Gasteiger partial charge in [-0.25, -0.2) is 4.98 Å². The molecule has 1 fully saturated rings. The number of thiazole rings is 1. The van der Waals surface area contributed by atoms with Gasteiger partial charge in [-0.2, -0.15) is 0 Å². The maximum atomic E-state index is 11.3. The van der Waals surface area contributed by atoms with Crippen molar-refractivity contribution < 1.29 is 4.79 Å². The maximum Gasteiger partial charge on any atom is 0.186 e. The fourth-order valence-electron chi connectivity index (χ4n) is 3.05. The first-order valence-corrected chi connectivity index (χ1v) is 8.91. The van der Waals surface area contributed by atoms with E-state index in [9.17, 15) is 4.79 Å². The van der Waals surface area contributed by atoms with Gasteiger partial charge >= 0.3 is 0 Å². The molecule has 0 radical (unpaired) electrons. The SMILES string of the molecule is CCC(C)c1nc(N2CCC(N(CC)CC)C2)sc1C=O. The maximum absolute atomic E-state index is 11.3. The molecule has 4 nitrogen and oxygen atoms in total. The normalized spacial score (nSPS) is 20.2. The molecule has 2 heterocycles. The molecule has 2 atom stereocenters. The summed E-state index contributed by atoms with van der Waals surface area (Å²) in [5.74, 6) is 0.358. The first-order valence-electron chi connectivity index (χ1n) is 8.09. The summed E-state index contributed by atoms with van der Waals surface area (Å²) in [5.41, 5.74) is 0.985. The molecule has 5 heteroatoms. The molecular formula is C16H27N3OS. The summed E-state index contributed by atoms with van der Waals surface area (Å²) in [7, 11) is 0. The zero-order valence-corrected chi connectivity index (χ0v) is 14.4. The summed E-state index contributed by atoms with van der Waals surface area (Å²) < 4.78 is 0. The highest BCUT2D eigenvalue weighted by Crippen LogP contribution is 2.33. The first-order chi connectivity index (χ1) is 10.1. The van der Waals surface area contributed by atoms with Crippen LogP contribution in [0.1, 0.15) is 61.8 Å². The zero-order chi connectivity index (χ0) is 15.4. The van der Waals surface area contributed by atoms with Crippen LogP contribution in [-0.2, 0) is 0 Å². The number of aromatic nitrogens is 1. The molecule has 0 amide bonds. The number of rotatable bonds is 7. The Labute approximate surface area is 132 Å². The quantitative estimate of drug-likeness (QED) is 0.723. The zero-order valence-electron chi connectivity index (χ0n) is 13.6. The number of carbonyl (C=O) groups is 1. The largest absolute Gasteiger partial charge is 0.346 e. The van der Waals surface area contributed by atoms with E-state index in [1.807, 2.05) is 0 Å². The fraction of sp³-hybridized carbons (Fsp3) is 0.750. The van der Waals surface area contributed by atoms with Crippen molar-refractivity contribution >= 4 is 22.8 Å². The summed E-state index contributed by atoms with van der Waals surface area (Å²) in [6, 6.07) is 0.621. The van der Waals surface area contributed by atoms with Crippen molar-refractivity contribution in [2.24, 2.45) is 0 Å². The van der Waals surface area contributed by atoms with E-state index in [2.05, 4.69) is 37.5 Å². The Balaban J connectivity index is 2.13. The van der Waals surface area contributed by atoms with Crippen LogP contribution in [0, 0.1) is 0 Å². The van der Waals surface area contributed by atoms with Gasteiger partial charge in [0, 0.05) is 19.1 Å². The Hall–Kier alpha value is -0.940. The third-order valence-electron chi connectivity index (χ3n) is 4.62. The number of carbonyl (C=O) groups excluding carboxylic acids is 1. The first kappa shape index (κ1) is 16.4. The molecule has 0 aliphatic carbocycles. The highest BCUT2D eigenvalue weighted by molar-refractivity contribution is 7.17. The van der Waals surface area contributed by atoms with Gasteiger partial charge in [0.25, 0.3) is 0 Å². The molecule has 21 heavy (non-hydrogen) atoms. The van der Waals surface area contributed by atoms with Crippen LogP contribution in [0.2, 0.25) is 0 Å². The van der Waals surface area contributed by atoms with E-state index in [0.29, 0.717) is 12.0 Å². The van der Waals surface area contributed by atoms with Crippen LogP contribution in [0.25, 0.3) is 0 Å². The summed E-state index contributed by atoms with van der Waals surface area (Å²) in [6.45, 7) is 13.0. The van der Waals surface area contributed by atoms with Crippen molar-refractivity contribution in [1.29, 1.82) is 0 Å². The second-order valence-corrected chi connectivity index (χ2v) is 6.79. The minimum absolute atomic E-state index is 0.358. The van der Waals surface area contributed by atoms with E-state index in [0.717, 1.165) is 54.6 Å². The summed E-state index contributed by atoms with van der Waals surface area (Å²) in [4.78, 5) is 21.7. The van der Waals surface area contributed by atoms with Crippen LogP contribution in [0.15, 0.2) is 0 Å². The van der Waals surface area contributed by atoms with E-state index >= 15 is 0 Å². The molecule has 1 aromatic rings. The molecule has 1 aliphatic heterocycles. The van der Waals surface area contributed by atoms with Gasteiger partial charge in [0.1, 0.15) is 0 Å². The lowest BCUT2D eigenvalue weighted by Crippen LogP contribution is -2.37. The number of aldehydes is 1. The lowest BCUT2D eigenvalue weighted by molar-refractivity contribution is 0.112. The van der Waals surface area contributed by atoms with Gasteiger partial charge in [0.15, 0.2) is 11.4 Å². The lowest BCUT2D eigenvalue weighted by atomic mass is 10.0. The van der Waals surface area contributed by atoms with Gasteiger partial charge in [-0.15, -0.1) is 0 Å². The highest BCUT2D eigenvalue weighted by Gasteiger charge is 2.29. The topological polar surface area (TPSA) is 36.4 Å². The molecular weight excluding hydrogens is 282 g/mol. The smallest absolute Gasteiger partial charge is 0.186 e. The van der Waals surface area contributed by atoms with E-state index < -0.39 is 0 Å². The molecule has 0 N–H and O–H groups in total. The Kier molecular flexibility index (Phi) is 5.76. The van der Waals surface area contributed by atoms with Gasteiger partial charge in [-0.3, -0.25) is 9.69 Å². The van der Waals surface area contributed by atoms with Crippen molar-refractivity contribution in [1.82, 2.24) is 9.88 Å². The van der Waals surface area contributed by atoms with Crippen LogP contribution in [0.4, 0.5) is 5.13 Å². The van der Waals surface area contributed by atoms with E-state index in [4.69, 9.17) is 4.98 Å². The average molecular weight is 309 g/mol. The predicted octanol–water partition coefficient (Wildman–Crippen LogP) is 3.39. The molecule has 1 aliphatic rings. The van der Waals surface area contributed by atoms with Crippen molar-refractivity contribution in [3.8, 4) is 0 Å². The Bertz CT molecular complexity index is 470. The molecule has 0 bridgehead atoms. The number of nitrogens with zero attached hydrogens (tertiary/aromatic N) is 3. The minimum atomic E-state index is 0.358. The highest BCUT2D eigenvalue weighted by atomic mass is 32.1. The molecule has 0 aromatic carbocycles. The van der Waals surface area contributed by atoms with E-state index in [1.165, 1.54) is 6.42 Å². The average Bonchev–Trinajstić information content (AvgIpc) is 3.14. The number of hydrogen-bond donors (Lipinski definition) is 0. The van der Waals surface area contributed by atoms with Crippen LogP contribution >= 0.6 is 11.3 Å². The Morgan fingerprint density at radius 3 is 2.71 bits per heavy atom. The second-order valence-electron chi connectivity index (χ2n) is 5.78. The van der Waals surface area contributed by atoms with E-state index in [-0.39, 0.29) is 0 Å². The van der Waals surface area contributed by atoms with Crippen LogP contribution in [0.5, 0.6) is 0 Å². The molecule has 2 unspecified atom stereocenters. The molecule has 118 valence electrons. The van der Waals surface area contributed by atoms with Gasteiger partial charge in [-0.1, -0.05) is 39.0 Å². The molecule has 0 spiro atoms. The Morgan fingerprint density at radius 1 is 1.43 bits per heavy atom.